The lowest BCUT2D eigenvalue weighted by atomic mass is 9.73. The number of benzene rings is 2. The van der Waals surface area contributed by atoms with Gasteiger partial charge in [-0.1, -0.05) is 72.2 Å². The molecule has 1 aromatic heterocycles. The van der Waals surface area contributed by atoms with Gasteiger partial charge < -0.3 is 15.7 Å². The number of aromatic nitrogens is 1. The number of ketones is 1. The van der Waals surface area contributed by atoms with Gasteiger partial charge in [0.2, 0.25) is 0 Å². The van der Waals surface area contributed by atoms with Crippen molar-refractivity contribution >= 4 is 58.3 Å². The van der Waals surface area contributed by atoms with Crippen molar-refractivity contribution in [2.45, 2.75) is 44.0 Å². The summed E-state index contributed by atoms with van der Waals surface area (Å²) in [6.45, 7) is 5.51. The van der Waals surface area contributed by atoms with E-state index in [-0.39, 0.29) is 21.4 Å². The largest absolute Gasteiger partial charge is 0.480 e. The number of allylic oxidation sites excluding steroid dienone is 2. The maximum absolute atomic E-state index is 12.9. The van der Waals surface area contributed by atoms with Crippen LogP contribution in [0.15, 0.2) is 82.5 Å². The number of nitrogens with zero attached hydrogens (tertiary/aromatic N) is 1. The Bertz CT molecular complexity index is 1420. The molecule has 0 aliphatic heterocycles. The van der Waals surface area contributed by atoms with E-state index in [0.29, 0.717) is 22.7 Å². The van der Waals surface area contributed by atoms with E-state index in [1.54, 1.807) is 38.1 Å². The number of carboxylic acid groups (broad SMARTS) is 1. The average molecular weight is 585 g/mol. The van der Waals surface area contributed by atoms with Crippen molar-refractivity contribution in [2.75, 3.05) is 5.32 Å². The van der Waals surface area contributed by atoms with Gasteiger partial charge in [-0.15, -0.1) is 0 Å². The van der Waals surface area contributed by atoms with Gasteiger partial charge in [0.25, 0.3) is 5.91 Å². The highest BCUT2D eigenvalue weighted by Gasteiger charge is 2.48. The molecule has 0 bridgehead atoms. The molecule has 0 fully saturated rings. The molecular weight excluding hydrogens is 557 g/mol. The van der Waals surface area contributed by atoms with Gasteiger partial charge in [0.05, 0.1) is 25.9 Å². The second kappa shape index (κ2) is 11.8. The highest BCUT2D eigenvalue weighted by atomic mass is 35.5. The SMILES string of the molecule is CCC(c1ccc(NC(=O)c2c(Cl)cncc2Cl)cc1)[C@H](NC1=C(Sc2ccccc2)C(=O)C1(C)C)C(=O)O. The fourth-order valence-electron chi connectivity index (χ4n) is 4.47. The van der Waals surface area contributed by atoms with Gasteiger partial charge in [-0.2, -0.15) is 0 Å². The molecule has 202 valence electrons. The first-order valence-electron chi connectivity index (χ1n) is 12.3. The number of amides is 1. The van der Waals surface area contributed by atoms with Gasteiger partial charge in [0, 0.05) is 34.6 Å². The summed E-state index contributed by atoms with van der Waals surface area (Å²) in [5.41, 5.74) is 1.21. The minimum Gasteiger partial charge on any atom is -0.480 e. The Morgan fingerprint density at radius 3 is 2.21 bits per heavy atom. The number of Topliss-reactive ketones (excluding diaryl/α,β-unsaturated/α-hetero) is 1. The number of carboxylic acids is 1. The summed E-state index contributed by atoms with van der Waals surface area (Å²) in [5, 5.41) is 16.4. The van der Waals surface area contributed by atoms with Crippen LogP contribution >= 0.6 is 35.0 Å². The number of halogens is 2. The lowest BCUT2D eigenvalue weighted by Gasteiger charge is -2.41. The lowest BCUT2D eigenvalue weighted by molar-refractivity contribution is -0.140. The number of pyridine rings is 1. The Morgan fingerprint density at radius 2 is 1.64 bits per heavy atom. The predicted molar refractivity (Wildman–Crippen MR) is 154 cm³/mol. The highest BCUT2D eigenvalue weighted by Crippen LogP contribution is 2.48. The second-order valence-corrected chi connectivity index (χ2v) is 11.5. The molecule has 3 N–H and O–H groups in total. The Balaban J connectivity index is 1.56. The third-order valence-electron chi connectivity index (χ3n) is 6.67. The van der Waals surface area contributed by atoms with Crippen LogP contribution in [0, 0.1) is 5.41 Å². The van der Waals surface area contributed by atoms with Crippen LogP contribution in [0.5, 0.6) is 0 Å². The fraction of sp³-hybridized carbons (Fsp3) is 0.241. The van der Waals surface area contributed by atoms with Crippen LogP contribution in [-0.4, -0.2) is 33.8 Å². The minimum atomic E-state index is -1.02. The number of hydrogen-bond acceptors (Lipinski definition) is 6. The number of aliphatic carboxylic acids is 1. The normalized spacial score (nSPS) is 15.8. The molecule has 2 atom stereocenters. The summed E-state index contributed by atoms with van der Waals surface area (Å²) < 4.78 is 0. The maximum atomic E-state index is 12.9. The molecule has 4 rings (SSSR count). The monoisotopic (exact) mass is 583 g/mol. The first kappa shape index (κ1) is 28.7. The Labute approximate surface area is 241 Å². The van der Waals surface area contributed by atoms with E-state index in [9.17, 15) is 19.5 Å². The number of nitrogens with one attached hydrogen (secondary N) is 2. The van der Waals surface area contributed by atoms with E-state index in [4.69, 9.17) is 23.2 Å². The molecule has 1 aliphatic rings. The number of carbonyl (C=O) groups is 3. The quantitative estimate of drug-likeness (QED) is 0.241. The van der Waals surface area contributed by atoms with Gasteiger partial charge in [-0.3, -0.25) is 14.6 Å². The van der Waals surface area contributed by atoms with Crippen LogP contribution < -0.4 is 10.6 Å². The zero-order valence-corrected chi connectivity index (χ0v) is 23.8. The number of anilines is 1. The summed E-state index contributed by atoms with van der Waals surface area (Å²) in [6, 6.07) is 15.5. The van der Waals surface area contributed by atoms with Gasteiger partial charge >= 0.3 is 5.97 Å². The number of carbonyl (C=O) groups excluding carboxylic acids is 2. The first-order valence-corrected chi connectivity index (χ1v) is 13.8. The van der Waals surface area contributed by atoms with Crippen LogP contribution in [0.4, 0.5) is 5.69 Å². The van der Waals surface area contributed by atoms with Gasteiger partial charge in [-0.05, 0) is 50.1 Å². The summed E-state index contributed by atoms with van der Waals surface area (Å²) in [4.78, 5) is 43.4. The zero-order valence-electron chi connectivity index (χ0n) is 21.5. The molecule has 3 aromatic rings. The third-order valence-corrected chi connectivity index (χ3v) is 8.35. The summed E-state index contributed by atoms with van der Waals surface area (Å²) >= 11 is 13.5. The van der Waals surface area contributed by atoms with Crippen LogP contribution in [-0.2, 0) is 9.59 Å². The minimum absolute atomic E-state index is 0.0226. The molecule has 0 spiro atoms. The van der Waals surface area contributed by atoms with Crippen molar-refractivity contribution in [2.24, 2.45) is 5.41 Å². The van der Waals surface area contributed by atoms with Crippen molar-refractivity contribution < 1.29 is 19.5 Å². The molecule has 1 amide bonds. The highest BCUT2D eigenvalue weighted by molar-refractivity contribution is 8.04. The van der Waals surface area contributed by atoms with Gasteiger partial charge in [0.15, 0.2) is 5.78 Å². The summed E-state index contributed by atoms with van der Waals surface area (Å²) in [6.07, 6.45) is 3.21. The van der Waals surface area contributed by atoms with Crippen molar-refractivity contribution in [1.29, 1.82) is 0 Å². The summed E-state index contributed by atoms with van der Waals surface area (Å²) in [7, 11) is 0. The molecule has 10 heteroatoms. The fourth-order valence-corrected chi connectivity index (χ4v) is 6.30. The molecule has 1 unspecified atom stereocenters. The van der Waals surface area contributed by atoms with Crippen molar-refractivity contribution in [3.8, 4) is 0 Å². The Morgan fingerprint density at radius 1 is 1.03 bits per heavy atom. The molecule has 0 saturated heterocycles. The van der Waals surface area contributed by atoms with Crippen molar-refractivity contribution in [3.05, 3.63) is 98.8 Å². The van der Waals surface area contributed by atoms with E-state index in [0.717, 1.165) is 10.5 Å². The number of hydrogen-bond donors (Lipinski definition) is 3. The van der Waals surface area contributed by atoms with E-state index in [2.05, 4.69) is 15.6 Å². The van der Waals surface area contributed by atoms with Crippen molar-refractivity contribution in [3.63, 3.8) is 0 Å². The lowest BCUT2D eigenvalue weighted by Crippen LogP contribution is -2.51. The van der Waals surface area contributed by atoms with Gasteiger partial charge in [-0.25, -0.2) is 4.79 Å². The average Bonchev–Trinajstić information content (AvgIpc) is 2.90. The van der Waals surface area contributed by atoms with Gasteiger partial charge in [0.1, 0.15) is 6.04 Å². The molecule has 1 heterocycles. The molecule has 39 heavy (non-hydrogen) atoms. The standard InChI is InChI=1S/C29H27Cl2N3O4S/c1-4-19(16-10-12-17(13-11-16)33-27(36)22-20(30)14-32-15-21(22)31)23(28(37)38)34-25-24(26(35)29(25,2)3)39-18-8-6-5-7-9-18/h5-15,19,23,34H,4H2,1-3H3,(H,33,36)(H,37,38)/t19?,23-/m0/s1. The van der Waals surface area contributed by atoms with Crippen LogP contribution in [0.1, 0.15) is 49.0 Å². The molecule has 2 aromatic carbocycles. The second-order valence-electron chi connectivity index (χ2n) is 9.60. The van der Waals surface area contributed by atoms with Crippen LogP contribution in [0.25, 0.3) is 0 Å². The van der Waals surface area contributed by atoms with E-state index in [1.165, 1.54) is 24.2 Å². The van der Waals surface area contributed by atoms with Crippen LogP contribution in [0.3, 0.4) is 0 Å². The maximum Gasteiger partial charge on any atom is 0.326 e. The smallest absolute Gasteiger partial charge is 0.326 e. The molecule has 1 aliphatic carbocycles. The third kappa shape index (κ3) is 5.98. The zero-order chi connectivity index (χ0) is 28.3. The number of thioether (sulfide) groups is 1. The van der Waals surface area contributed by atoms with E-state index < -0.39 is 29.3 Å². The topological polar surface area (TPSA) is 108 Å². The molecule has 0 radical (unpaired) electrons. The van der Waals surface area contributed by atoms with Crippen LogP contribution in [0.2, 0.25) is 10.0 Å². The summed E-state index contributed by atoms with van der Waals surface area (Å²) in [5.74, 6) is -1.93. The Hall–Kier alpha value is -3.33. The molecule has 7 nitrogen and oxygen atoms in total. The van der Waals surface area contributed by atoms with Crippen molar-refractivity contribution in [1.82, 2.24) is 10.3 Å². The Kier molecular flexibility index (Phi) is 8.69. The predicted octanol–water partition coefficient (Wildman–Crippen LogP) is 6.79. The van der Waals surface area contributed by atoms with E-state index >= 15 is 0 Å². The molecule has 0 saturated carbocycles. The number of rotatable bonds is 10. The van der Waals surface area contributed by atoms with E-state index in [1.807, 2.05) is 37.3 Å². The molecular formula is C29H27Cl2N3O4S. The first-order chi connectivity index (χ1) is 18.5.